The van der Waals surface area contributed by atoms with Gasteiger partial charge in [-0.2, -0.15) is 11.3 Å². The normalized spacial score (nSPS) is 12.0. The van der Waals surface area contributed by atoms with Gasteiger partial charge in [0.05, 0.1) is 5.69 Å². The van der Waals surface area contributed by atoms with E-state index in [1.807, 2.05) is 52.5 Å². The van der Waals surface area contributed by atoms with Gasteiger partial charge in [0.2, 0.25) is 0 Å². The van der Waals surface area contributed by atoms with Crippen LogP contribution >= 0.6 is 22.7 Å². The van der Waals surface area contributed by atoms with Gasteiger partial charge in [-0.05, 0) is 35.4 Å². The first-order valence-corrected chi connectivity index (χ1v) is 9.67. The van der Waals surface area contributed by atoms with Crippen molar-refractivity contribution in [2.45, 2.75) is 13.0 Å². The monoisotopic (exact) mass is 384 g/mol. The van der Waals surface area contributed by atoms with E-state index in [4.69, 9.17) is 4.74 Å². The molecule has 0 saturated heterocycles. The lowest BCUT2D eigenvalue weighted by Crippen LogP contribution is -2.29. The highest BCUT2D eigenvalue weighted by Crippen LogP contribution is 2.24. The second-order valence-corrected chi connectivity index (χ2v) is 7.00. The van der Waals surface area contributed by atoms with Gasteiger partial charge >= 0.3 is 5.97 Å². The number of hydrogen-bond acceptors (Lipinski definition) is 6. The maximum absolute atomic E-state index is 12.2. The molecule has 0 unspecified atom stereocenters. The van der Waals surface area contributed by atoms with Crippen LogP contribution in [0.2, 0.25) is 0 Å². The predicted octanol–water partition coefficient (Wildman–Crippen LogP) is 4.46. The highest BCUT2D eigenvalue weighted by molar-refractivity contribution is 7.14. The number of aromatic nitrogens is 1. The SMILES string of the molecule is C[C@H](OC(=O)/C=C/c1ccsc1)C(=O)Nc1nc(-c2ccccc2)cs1. The Hall–Kier alpha value is -2.77. The molecule has 3 aromatic rings. The molecule has 0 bridgehead atoms. The van der Waals surface area contributed by atoms with Crippen LogP contribution < -0.4 is 5.32 Å². The lowest BCUT2D eigenvalue weighted by atomic mass is 10.2. The summed E-state index contributed by atoms with van der Waals surface area (Å²) in [5.74, 6) is -0.987. The summed E-state index contributed by atoms with van der Waals surface area (Å²) < 4.78 is 5.12. The Morgan fingerprint density at radius 2 is 2.00 bits per heavy atom. The Balaban J connectivity index is 1.54. The Morgan fingerprint density at radius 3 is 2.73 bits per heavy atom. The fraction of sp³-hybridized carbons (Fsp3) is 0.105. The number of nitrogens with zero attached hydrogens (tertiary/aromatic N) is 1. The van der Waals surface area contributed by atoms with E-state index in [2.05, 4.69) is 10.3 Å². The van der Waals surface area contributed by atoms with Gasteiger partial charge in [0, 0.05) is 17.0 Å². The van der Waals surface area contributed by atoms with Gasteiger partial charge in [-0.15, -0.1) is 11.3 Å². The topological polar surface area (TPSA) is 68.3 Å². The molecule has 0 aliphatic heterocycles. The Bertz CT molecular complexity index is 902. The first kappa shape index (κ1) is 18.0. The maximum atomic E-state index is 12.2. The Morgan fingerprint density at radius 1 is 1.19 bits per heavy atom. The van der Waals surface area contributed by atoms with Crippen molar-refractivity contribution < 1.29 is 14.3 Å². The molecule has 3 rings (SSSR count). The molecule has 0 fully saturated rings. The average molecular weight is 384 g/mol. The van der Waals surface area contributed by atoms with Crippen LogP contribution in [0, 0.1) is 0 Å². The molecule has 2 heterocycles. The van der Waals surface area contributed by atoms with Crippen LogP contribution in [-0.4, -0.2) is 23.0 Å². The van der Waals surface area contributed by atoms with E-state index < -0.39 is 18.0 Å². The standard InChI is InChI=1S/C19H16N2O3S2/c1-13(24-17(22)8-7-14-9-10-25-11-14)18(23)21-19-20-16(12-26-19)15-5-3-2-4-6-15/h2-13H,1H3,(H,20,21,23)/b8-7+/t13-/m0/s1. The second-order valence-electron chi connectivity index (χ2n) is 5.36. The van der Waals surface area contributed by atoms with Crippen molar-refractivity contribution >= 4 is 45.8 Å². The fourth-order valence-electron chi connectivity index (χ4n) is 2.08. The van der Waals surface area contributed by atoms with E-state index in [-0.39, 0.29) is 0 Å². The van der Waals surface area contributed by atoms with Crippen LogP contribution in [0.1, 0.15) is 12.5 Å². The first-order chi connectivity index (χ1) is 12.6. The summed E-state index contributed by atoms with van der Waals surface area (Å²) >= 11 is 2.86. The summed E-state index contributed by atoms with van der Waals surface area (Å²) in [6.45, 7) is 1.53. The summed E-state index contributed by atoms with van der Waals surface area (Å²) in [7, 11) is 0. The van der Waals surface area contributed by atoms with Gasteiger partial charge in [0.1, 0.15) is 0 Å². The molecule has 1 amide bonds. The number of rotatable bonds is 6. The second kappa shape index (κ2) is 8.55. The largest absolute Gasteiger partial charge is 0.449 e. The number of thiazole rings is 1. The molecule has 7 heteroatoms. The predicted molar refractivity (Wildman–Crippen MR) is 105 cm³/mol. The zero-order chi connectivity index (χ0) is 18.4. The summed E-state index contributed by atoms with van der Waals surface area (Å²) in [5, 5.41) is 8.83. The third kappa shape index (κ3) is 4.87. The summed E-state index contributed by atoms with van der Waals surface area (Å²) in [6, 6.07) is 11.6. The molecular formula is C19H16N2O3S2. The zero-order valence-electron chi connectivity index (χ0n) is 13.9. The van der Waals surface area contributed by atoms with Gasteiger partial charge < -0.3 is 4.74 Å². The Kier molecular flexibility index (Phi) is 5.93. The highest BCUT2D eigenvalue weighted by Gasteiger charge is 2.18. The molecule has 0 saturated carbocycles. The third-order valence-corrected chi connectivity index (χ3v) is 4.88. The highest BCUT2D eigenvalue weighted by atomic mass is 32.1. The van der Waals surface area contributed by atoms with E-state index in [0.29, 0.717) is 5.13 Å². The summed E-state index contributed by atoms with van der Waals surface area (Å²) in [5.41, 5.74) is 2.68. The molecule has 0 aliphatic carbocycles. The van der Waals surface area contributed by atoms with Crippen LogP contribution in [0.4, 0.5) is 5.13 Å². The zero-order valence-corrected chi connectivity index (χ0v) is 15.5. The van der Waals surface area contributed by atoms with Gasteiger partial charge in [-0.3, -0.25) is 10.1 Å². The van der Waals surface area contributed by atoms with Crippen molar-refractivity contribution in [3.05, 3.63) is 64.2 Å². The minimum absolute atomic E-state index is 0.420. The van der Waals surface area contributed by atoms with Gasteiger partial charge in [-0.1, -0.05) is 30.3 Å². The third-order valence-electron chi connectivity index (χ3n) is 3.42. The van der Waals surface area contributed by atoms with E-state index in [9.17, 15) is 9.59 Å². The van der Waals surface area contributed by atoms with E-state index >= 15 is 0 Å². The average Bonchev–Trinajstić information content (AvgIpc) is 3.32. The van der Waals surface area contributed by atoms with E-state index in [0.717, 1.165) is 16.8 Å². The number of carbonyl (C=O) groups excluding carboxylic acids is 2. The van der Waals surface area contributed by atoms with E-state index in [1.165, 1.54) is 35.7 Å². The minimum Gasteiger partial charge on any atom is -0.449 e. The molecule has 1 atom stereocenters. The van der Waals surface area contributed by atoms with Crippen LogP contribution in [0.15, 0.2) is 58.6 Å². The molecule has 1 aromatic carbocycles. The van der Waals surface area contributed by atoms with E-state index in [1.54, 1.807) is 6.08 Å². The van der Waals surface area contributed by atoms with Crippen LogP contribution in [-0.2, 0) is 14.3 Å². The van der Waals surface area contributed by atoms with Crippen LogP contribution in [0.5, 0.6) is 0 Å². The van der Waals surface area contributed by atoms with Crippen molar-refractivity contribution in [2.24, 2.45) is 0 Å². The molecule has 132 valence electrons. The molecule has 1 N–H and O–H groups in total. The van der Waals surface area contributed by atoms with Crippen molar-refractivity contribution in [1.82, 2.24) is 4.98 Å². The van der Waals surface area contributed by atoms with Crippen molar-refractivity contribution in [3.63, 3.8) is 0 Å². The molecule has 0 radical (unpaired) electrons. The number of amides is 1. The molecule has 2 aromatic heterocycles. The smallest absolute Gasteiger partial charge is 0.331 e. The molecule has 5 nitrogen and oxygen atoms in total. The maximum Gasteiger partial charge on any atom is 0.331 e. The van der Waals surface area contributed by atoms with Gasteiger partial charge in [0.25, 0.3) is 5.91 Å². The van der Waals surface area contributed by atoms with Crippen molar-refractivity contribution in [1.29, 1.82) is 0 Å². The molecule has 0 spiro atoms. The minimum atomic E-state index is -0.918. The number of ether oxygens (including phenoxy) is 1. The molecule has 0 aliphatic rings. The molecular weight excluding hydrogens is 368 g/mol. The lowest BCUT2D eigenvalue weighted by Gasteiger charge is -2.10. The van der Waals surface area contributed by atoms with Gasteiger partial charge in [-0.25, -0.2) is 9.78 Å². The lowest BCUT2D eigenvalue weighted by molar-refractivity contribution is -0.148. The number of benzene rings is 1. The number of anilines is 1. The quantitative estimate of drug-likeness (QED) is 0.503. The van der Waals surface area contributed by atoms with Crippen molar-refractivity contribution in [2.75, 3.05) is 5.32 Å². The summed E-state index contributed by atoms with van der Waals surface area (Å²) in [6.07, 6.45) is 2.04. The van der Waals surface area contributed by atoms with Gasteiger partial charge in [0.15, 0.2) is 11.2 Å². The number of nitrogens with one attached hydrogen (secondary N) is 1. The number of esters is 1. The van der Waals surface area contributed by atoms with Crippen LogP contribution in [0.3, 0.4) is 0 Å². The summed E-state index contributed by atoms with van der Waals surface area (Å²) in [4.78, 5) is 28.4. The molecule has 26 heavy (non-hydrogen) atoms. The number of hydrogen-bond donors (Lipinski definition) is 1. The number of thiophene rings is 1. The first-order valence-electron chi connectivity index (χ1n) is 7.84. The fourth-order valence-corrected chi connectivity index (χ4v) is 3.43. The number of carbonyl (C=O) groups is 2. The van der Waals surface area contributed by atoms with Crippen molar-refractivity contribution in [3.8, 4) is 11.3 Å². The Labute approximate surface area is 159 Å². The van der Waals surface area contributed by atoms with Crippen LogP contribution in [0.25, 0.3) is 17.3 Å².